The molecule has 0 saturated carbocycles. The number of urea groups is 1. The van der Waals surface area contributed by atoms with E-state index in [0.717, 1.165) is 0 Å². The van der Waals surface area contributed by atoms with Crippen LogP contribution in [0.25, 0.3) is 0 Å². The minimum absolute atomic E-state index is 0.0834. The zero-order valence-electron chi connectivity index (χ0n) is 24.2. The second-order valence-corrected chi connectivity index (χ2v) is 10.3. The number of hydrazone groups is 1. The maximum Gasteiger partial charge on any atom is 0.337 e. The van der Waals surface area contributed by atoms with E-state index in [4.69, 9.17) is 18.9 Å². The third kappa shape index (κ3) is 8.26. The van der Waals surface area contributed by atoms with Crippen LogP contribution < -0.4 is 30.3 Å². The Bertz CT molecular complexity index is 1570. The second-order valence-electron chi connectivity index (χ2n) is 9.48. The zero-order valence-corrected chi connectivity index (χ0v) is 25.8. The average Bonchev–Trinajstić information content (AvgIpc) is 3.00. The fraction of sp³-hybridized carbons (Fsp3) is 0.258. The van der Waals surface area contributed by atoms with Gasteiger partial charge in [-0.15, -0.1) is 0 Å². The van der Waals surface area contributed by atoms with Crippen LogP contribution >= 0.6 is 15.9 Å². The van der Waals surface area contributed by atoms with Crippen molar-refractivity contribution in [2.45, 2.75) is 32.7 Å². The van der Waals surface area contributed by atoms with E-state index in [9.17, 15) is 19.1 Å². The molecule has 2 atom stereocenters. The van der Waals surface area contributed by atoms with Gasteiger partial charge in [-0.2, -0.15) is 5.10 Å². The molecule has 0 spiro atoms. The van der Waals surface area contributed by atoms with Crippen LogP contribution in [0, 0.1) is 5.82 Å². The Kier molecular flexibility index (Phi) is 11.2. The molecule has 0 aromatic heterocycles. The number of carbonyl (C=O) groups is 2. The molecule has 11 nitrogen and oxygen atoms in total. The smallest absolute Gasteiger partial charge is 0.337 e. The summed E-state index contributed by atoms with van der Waals surface area (Å²) in [6.07, 6.45) is 0.351. The number of methoxy groups -OCH3 is 1. The number of amides is 2. The lowest BCUT2D eigenvalue weighted by atomic mass is 9.95. The number of halogens is 2. The van der Waals surface area contributed by atoms with Crippen molar-refractivity contribution in [3.8, 4) is 17.2 Å². The van der Waals surface area contributed by atoms with E-state index in [-0.39, 0.29) is 24.6 Å². The summed E-state index contributed by atoms with van der Waals surface area (Å²) >= 11 is 3.45. The Morgan fingerprint density at radius 3 is 2.61 bits per heavy atom. The molecule has 44 heavy (non-hydrogen) atoms. The van der Waals surface area contributed by atoms with Gasteiger partial charge in [0.1, 0.15) is 24.8 Å². The van der Waals surface area contributed by atoms with Gasteiger partial charge < -0.3 is 34.7 Å². The monoisotopic (exact) mass is 670 g/mol. The molecule has 0 saturated heterocycles. The highest BCUT2D eigenvalue weighted by molar-refractivity contribution is 9.10. The number of hydrogen-bond acceptors (Lipinski definition) is 9. The van der Waals surface area contributed by atoms with Gasteiger partial charge in [0.2, 0.25) is 0 Å². The number of allylic oxidation sites excluding steroid dienone is 1. The maximum atomic E-state index is 13.8. The minimum Gasteiger partial charge on any atom is -0.490 e. The summed E-state index contributed by atoms with van der Waals surface area (Å²) in [4.78, 5) is 24.6. The number of carbonyl (C=O) groups excluding carboxylic acids is 2. The van der Waals surface area contributed by atoms with E-state index in [1.807, 2.05) is 0 Å². The molecule has 1 aliphatic heterocycles. The SMILES string of the molecule is CCOc1cc([C@@H]2NC(=O)NC(C)=C2C(=O)OC)ccc1OC[C@@H](O)N/N=C\c1ccc(OCc2ccccc2F)c(Br)c1. The Balaban J connectivity index is 1.35. The molecule has 13 heteroatoms. The summed E-state index contributed by atoms with van der Waals surface area (Å²) in [5, 5.41) is 19.8. The maximum absolute atomic E-state index is 13.8. The van der Waals surface area contributed by atoms with Gasteiger partial charge in [0.25, 0.3) is 0 Å². The molecule has 2 amide bonds. The van der Waals surface area contributed by atoms with E-state index >= 15 is 0 Å². The molecule has 4 rings (SSSR count). The summed E-state index contributed by atoms with van der Waals surface area (Å²) in [5.74, 6) is 0.331. The number of nitrogens with zero attached hydrogens (tertiary/aromatic N) is 1. The lowest BCUT2D eigenvalue weighted by Gasteiger charge is -2.28. The Hall–Kier alpha value is -4.62. The summed E-state index contributed by atoms with van der Waals surface area (Å²) in [5.41, 5.74) is 4.98. The number of aliphatic hydroxyl groups excluding tert-OH is 1. The number of ether oxygens (including phenoxy) is 4. The molecular formula is C31H32BrFN4O7. The quantitative estimate of drug-likeness (QED) is 0.0889. The summed E-state index contributed by atoms with van der Waals surface area (Å²) in [7, 11) is 1.27. The van der Waals surface area contributed by atoms with Crippen LogP contribution in [0.4, 0.5) is 9.18 Å². The second kappa shape index (κ2) is 15.2. The fourth-order valence-corrected chi connectivity index (χ4v) is 4.82. The predicted octanol–water partition coefficient (Wildman–Crippen LogP) is 4.69. The fourth-order valence-electron chi connectivity index (χ4n) is 4.31. The van der Waals surface area contributed by atoms with Crippen LogP contribution in [0.3, 0.4) is 0 Å². The van der Waals surface area contributed by atoms with E-state index in [0.29, 0.717) is 50.7 Å². The highest BCUT2D eigenvalue weighted by atomic mass is 79.9. The molecule has 0 radical (unpaired) electrons. The van der Waals surface area contributed by atoms with Gasteiger partial charge in [0.15, 0.2) is 17.7 Å². The normalized spacial score (nSPS) is 15.3. The first-order chi connectivity index (χ1) is 21.2. The zero-order chi connectivity index (χ0) is 31.6. The first kappa shape index (κ1) is 32.3. The van der Waals surface area contributed by atoms with Gasteiger partial charge in [-0.05, 0) is 77.3 Å². The van der Waals surface area contributed by atoms with Crippen molar-refractivity contribution in [1.29, 1.82) is 0 Å². The molecular weight excluding hydrogens is 639 g/mol. The third-order valence-corrected chi connectivity index (χ3v) is 7.03. The van der Waals surface area contributed by atoms with Crippen molar-refractivity contribution in [2.24, 2.45) is 5.10 Å². The van der Waals surface area contributed by atoms with Crippen molar-refractivity contribution >= 4 is 34.1 Å². The molecule has 232 valence electrons. The first-order valence-electron chi connectivity index (χ1n) is 13.6. The number of rotatable bonds is 13. The average molecular weight is 672 g/mol. The van der Waals surface area contributed by atoms with E-state index in [1.54, 1.807) is 68.4 Å². The summed E-state index contributed by atoms with van der Waals surface area (Å²) in [6.45, 7) is 3.66. The van der Waals surface area contributed by atoms with E-state index in [1.165, 1.54) is 19.4 Å². The summed E-state index contributed by atoms with van der Waals surface area (Å²) < 4.78 is 36.6. The van der Waals surface area contributed by atoms with Gasteiger partial charge in [0, 0.05) is 11.3 Å². The van der Waals surface area contributed by atoms with E-state index in [2.05, 4.69) is 37.1 Å². The number of aliphatic hydroxyl groups is 1. The summed E-state index contributed by atoms with van der Waals surface area (Å²) in [6, 6.07) is 15.4. The minimum atomic E-state index is -1.16. The lowest BCUT2D eigenvalue weighted by molar-refractivity contribution is -0.136. The Morgan fingerprint density at radius 2 is 1.89 bits per heavy atom. The van der Waals surface area contributed by atoms with Crippen molar-refractivity contribution in [1.82, 2.24) is 16.1 Å². The third-order valence-electron chi connectivity index (χ3n) is 6.41. The van der Waals surface area contributed by atoms with Crippen LogP contribution in [-0.4, -0.2) is 49.9 Å². The van der Waals surface area contributed by atoms with Crippen LogP contribution in [0.2, 0.25) is 0 Å². The van der Waals surface area contributed by atoms with Crippen LogP contribution in [0.15, 0.2) is 81.5 Å². The van der Waals surface area contributed by atoms with Gasteiger partial charge in [-0.25, -0.2) is 14.0 Å². The first-order valence-corrected chi connectivity index (χ1v) is 14.4. The van der Waals surface area contributed by atoms with Crippen LogP contribution in [-0.2, 0) is 16.1 Å². The van der Waals surface area contributed by atoms with Gasteiger partial charge in [-0.3, -0.25) is 5.43 Å². The Morgan fingerprint density at radius 1 is 1.11 bits per heavy atom. The van der Waals surface area contributed by atoms with Crippen LogP contribution in [0.1, 0.15) is 36.6 Å². The molecule has 0 bridgehead atoms. The number of esters is 1. The lowest BCUT2D eigenvalue weighted by Crippen LogP contribution is -2.45. The molecule has 0 aliphatic carbocycles. The molecule has 3 aromatic rings. The molecule has 0 fully saturated rings. The van der Waals surface area contributed by atoms with Crippen molar-refractivity contribution < 1.29 is 38.0 Å². The highest BCUT2D eigenvalue weighted by Gasteiger charge is 2.32. The Labute approximate surface area is 262 Å². The van der Waals surface area contributed by atoms with Gasteiger partial charge in [-0.1, -0.05) is 24.3 Å². The number of hydrogen-bond donors (Lipinski definition) is 4. The number of nitrogens with one attached hydrogen (secondary N) is 3. The molecule has 4 N–H and O–H groups in total. The van der Waals surface area contributed by atoms with E-state index < -0.39 is 24.3 Å². The van der Waals surface area contributed by atoms with Crippen molar-refractivity contribution in [3.05, 3.63) is 98.9 Å². The molecule has 3 aromatic carbocycles. The van der Waals surface area contributed by atoms with Gasteiger partial charge in [0.05, 0.1) is 36.0 Å². The van der Waals surface area contributed by atoms with Crippen molar-refractivity contribution in [2.75, 3.05) is 20.3 Å². The van der Waals surface area contributed by atoms with Crippen molar-refractivity contribution in [3.63, 3.8) is 0 Å². The predicted molar refractivity (Wildman–Crippen MR) is 164 cm³/mol. The number of benzene rings is 3. The molecule has 1 heterocycles. The van der Waals surface area contributed by atoms with Gasteiger partial charge >= 0.3 is 12.0 Å². The highest BCUT2D eigenvalue weighted by Crippen LogP contribution is 2.35. The molecule has 1 aliphatic rings. The largest absolute Gasteiger partial charge is 0.490 e. The topological polar surface area (TPSA) is 140 Å². The van der Waals surface area contributed by atoms with Crippen LogP contribution in [0.5, 0.6) is 17.2 Å². The standard InChI is InChI=1S/C31H32BrFN4O7/c1-4-42-26-14-20(29-28(30(39)41-3)18(2)35-31(40)36-29)10-12-25(26)44-17-27(38)37-34-15-19-9-11-24(22(32)13-19)43-16-21-7-5-6-8-23(21)33/h5-15,27,29,37-38H,4,16-17H2,1-3H3,(H2,35,36,40)/b34-15-/t27-,29+/m1/s1. The molecule has 0 unspecified atom stereocenters.